The minimum Gasteiger partial charge on any atom is -0.496 e. The van der Waals surface area contributed by atoms with Crippen molar-refractivity contribution >= 4 is 27.9 Å². The van der Waals surface area contributed by atoms with Crippen LogP contribution in [0.5, 0.6) is 5.75 Å². The molecular weight excluding hydrogens is 418 g/mol. The summed E-state index contributed by atoms with van der Waals surface area (Å²) in [5, 5.41) is 0.857. The number of likely N-dealkylation sites (tertiary alicyclic amines) is 1. The van der Waals surface area contributed by atoms with Crippen LogP contribution in [0.15, 0.2) is 51.7 Å². The first-order valence-electron chi connectivity index (χ1n) is 11.4. The van der Waals surface area contributed by atoms with Gasteiger partial charge in [0.1, 0.15) is 17.2 Å². The molecule has 4 aromatic rings. The number of aromatic nitrogens is 2. The van der Waals surface area contributed by atoms with Crippen LogP contribution in [0.4, 0.5) is 0 Å². The fraction of sp³-hybridized carbons (Fsp3) is 0.346. The summed E-state index contributed by atoms with van der Waals surface area (Å²) in [5.74, 6) is 1.59. The number of carbonyl (C=O) groups is 1. The summed E-state index contributed by atoms with van der Waals surface area (Å²) < 4.78 is 10.9. The van der Waals surface area contributed by atoms with Crippen LogP contribution in [0.25, 0.3) is 22.0 Å². The van der Waals surface area contributed by atoms with Gasteiger partial charge in [0.2, 0.25) is 5.91 Å². The summed E-state index contributed by atoms with van der Waals surface area (Å²) in [5.41, 5.74) is 3.80. The van der Waals surface area contributed by atoms with Gasteiger partial charge < -0.3 is 19.0 Å². The Kier molecular flexibility index (Phi) is 5.62. The van der Waals surface area contributed by atoms with Crippen LogP contribution in [-0.4, -0.2) is 34.4 Å². The van der Waals surface area contributed by atoms with E-state index in [9.17, 15) is 9.59 Å². The molecule has 7 heteroatoms. The van der Waals surface area contributed by atoms with Crippen LogP contribution >= 0.6 is 0 Å². The first kappa shape index (κ1) is 21.2. The normalized spacial score (nSPS) is 16.4. The van der Waals surface area contributed by atoms with Crippen molar-refractivity contribution in [2.45, 2.75) is 45.1 Å². The molecular formula is C26H27N3O4. The molecule has 1 aliphatic rings. The first-order chi connectivity index (χ1) is 16.0. The molecule has 7 nitrogen and oxygen atoms in total. The molecule has 0 bridgehead atoms. The largest absolute Gasteiger partial charge is 0.496 e. The predicted molar refractivity (Wildman–Crippen MR) is 126 cm³/mol. The number of H-pyrrole nitrogens is 1. The number of benzene rings is 2. The van der Waals surface area contributed by atoms with Crippen molar-refractivity contribution in [2.75, 3.05) is 13.7 Å². The Morgan fingerprint density at radius 2 is 2.09 bits per heavy atom. The summed E-state index contributed by atoms with van der Waals surface area (Å²) in [6.07, 6.45) is 3.89. The second-order valence-corrected chi connectivity index (χ2v) is 8.65. The minimum atomic E-state index is -0.383. The van der Waals surface area contributed by atoms with E-state index in [1.165, 1.54) is 6.07 Å². The molecule has 0 unspecified atom stereocenters. The standard InChI is InChI=1S/C26H27N3O4/c1-16-13-25(31)33-23-15-22(32-2)17(14-18(16)23)10-11-24(30)29-12-6-5-9-21(29)26-27-19-7-3-4-8-20(19)28-26/h3-4,7-8,13-15,21H,5-6,9-12H2,1-2H3,(H,27,28)/t21-/m0/s1. The topological polar surface area (TPSA) is 88.4 Å². The molecule has 1 fully saturated rings. The molecule has 0 radical (unpaired) electrons. The molecule has 5 rings (SSSR count). The molecule has 33 heavy (non-hydrogen) atoms. The summed E-state index contributed by atoms with van der Waals surface area (Å²) in [7, 11) is 1.59. The van der Waals surface area contributed by atoms with Crippen molar-refractivity contribution in [3.8, 4) is 5.75 Å². The number of aromatic amines is 1. The molecule has 1 amide bonds. The molecule has 170 valence electrons. The van der Waals surface area contributed by atoms with E-state index in [0.717, 1.165) is 59.2 Å². The fourth-order valence-electron chi connectivity index (χ4n) is 4.81. The zero-order chi connectivity index (χ0) is 22.9. The van der Waals surface area contributed by atoms with E-state index < -0.39 is 0 Å². The molecule has 0 spiro atoms. The van der Waals surface area contributed by atoms with Gasteiger partial charge in [-0.3, -0.25) is 4.79 Å². The van der Waals surface area contributed by atoms with Gasteiger partial charge in [-0.05, 0) is 61.9 Å². The smallest absolute Gasteiger partial charge is 0.336 e. The average Bonchev–Trinajstić information content (AvgIpc) is 3.26. The van der Waals surface area contributed by atoms with Crippen LogP contribution in [0.1, 0.15) is 48.7 Å². The molecule has 0 saturated carbocycles. The zero-order valence-corrected chi connectivity index (χ0v) is 18.9. The van der Waals surface area contributed by atoms with Crippen LogP contribution in [0, 0.1) is 6.92 Å². The van der Waals surface area contributed by atoms with E-state index in [2.05, 4.69) is 4.98 Å². The lowest BCUT2D eigenvalue weighted by Gasteiger charge is -2.34. The number of para-hydroxylation sites is 2. The van der Waals surface area contributed by atoms with Crippen LogP contribution < -0.4 is 10.4 Å². The third-order valence-electron chi connectivity index (χ3n) is 6.51. The number of hydrogen-bond donors (Lipinski definition) is 1. The zero-order valence-electron chi connectivity index (χ0n) is 18.9. The lowest BCUT2D eigenvalue weighted by molar-refractivity contribution is -0.135. The Labute approximate surface area is 191 Å². The number of nitrogens with zero attached hydrogens (tertiary/aromatic N) is 2. The fourth-order valence-corrected chi connectivity index (χ4v) is 4.81. The van der Waals surface area contributed by atoms with Crippen LogP contribution in [-0.2, 0) is 11.2 Å². The highest BCUT2D eigenvalue weighted by molar-refractivity contribution is 5.83. The lowest BCUT2D eigenvalue weighted by atomic mass is 9.99. The molecule has 0 aliphatic carbocycles. The number of rotatable bonds is 5. The molecule has 1 aliphatic heterocycles. The quantitative estimate of drug-likeness (QED) is 0.451. The Bertz CT molecular complexity index is 1350. The number of hydrogen-bond acceptors (Lipinski definition) is 5. The van der Waals surface area contributed by atoms with Crippen molar-refractivity contribution < 1.29 is 13.9 Å². The maximum atomic E-state index is 13.3. The molecule has 1 atom stereocenters. The van der Waals surface area contributed by atoms with Gasteiger partial charge in [0.15, 0.2) is 0 Å². The highest BCUT2D eigenvalue weighted by Crippen LogP contribution is 2.32. The number of fused-ring (bicyclic) bond motifs is 2. The van der Waals surface area contributed by atoms with Gasteiger partial charge in [0.25, 0.3) is 0 Å². The van der Waals surface area contributed by atoms with E-state index in [0.29, 0.717) is 24.2 Å². The van der Waals surface area contributed by atoms with Crippen molar-refractivity contribution in [2.24, 2.45) is 0 Å². The maximum Gasteiger partial charge on any atom is 0.336 e. The number of piperidine rings is 1. The van der Waals surface area contributed by atoms with Gasteiger partial charge in [-0.15, -0.1) is 0 Å². The van der Waals surface area contributed by atoms with Gasteiger partial charge >= 0.3 is 5.63 Å². The monoisotopic (exact) mass is 445 g/mol. The third kappa shape index (κ3) is 4.11. The van der Waals surface area contributed by atoms with Gasteiger partial charge in [-0.25, -0.2) is 9.78 Å². The third-order valence-corrected chi connectivity index (χ3v) is 6.51. The van der Waals surface area contributed by atoms with Crippen molar-refractivity contribution in [1.29, 1.82) is 0 Å². The highest BCUT2D eigenvalue weighted by atomic mass is 16.5. The molecule has 2 aromatic carbocycles. The molecule has 2 aromatic heterocycles. The first-order valence-corrected chi connectivity index (χ1v) is 11.4. The SMILES string of the molecule is COc1cc2oc(=O)cc(C)c2cc1CCC(=O)N1CCCC[C@H]1c1nc2ccccc2[nH]1. The summed E-state index contributed by atoms with van der Waals surface area (Å²) in [6, 6.07) is 13.1. The Balaban J connectivity index is 1.38. The summed E-state index contributed by atoms with van der Waals surface area (Å²) in [4.78, 5) is 35.2. The average molecular weight is 446 g/mol. The van der Waals surface area contributed by atoms with Gasteiger partial charge in [-0.1, -0.05) is 12.1 Å². The molecule has 1 saturated heterocycles. The Hall–Kier alpha value is -3.61. The number of methoxy groups -OCH3 is 1. The van der Waals surface area contributed by atoms with E-state index >= 15 is 0 Å². The van der Waals surface area contributed by atoms with E-state index in [4.69, 9.17) is 14.1 Å². The van der Waals surface area contributed by atoms with Crippen molar-refractivity contribution in [3.05, 3.63) is 69.8 Å². The second kappa shape index (κ2) is 8.73. The van der Waals surface area contributed by atoms with Crippen LogP contribution in [0.2, 0.25) is 0 Å². The number of imidazole rings is 1. The number of nitrogens with one attached hydrogen (secondary N) is 1. The second-order valence-electron chi connectivity index (χ2n) is 8.65. The van der Waals surface area contributed by atoms with E-state index in [1.54, 1.807) is 13.2 Å². The van der Waals surface area contributed by atoms with Gasteiger partial charge in [-0.2, -0.15) is 0 Å². The van der Waals surface area contributed by atoms with Crippen molar-refractivity contribution in [3.63, 3.8) is 0 Å². The lowest BCUT2D eigenvalue weighted by Crippen LogP contribution is -2.39. The predicted octanol–water partition coefficient (Wildman–Crippen LogP) is 4.67. The van der Waals surface area contributed by atoms with Crippen LogP contribution in [0.3, 0.4) is 0 Å². The molecule has 3 heterocycles. The number of aryl methyl sites for hydroxylation is 2. The Morgan fingerprint density at radius 1 is 1.24 bits per heavy atom. The number of ether oxygens (including phenoxy) is 1. The van der Waals surface area contributed by atoms with E-state index in [-0.39, 0.29) is 17.6 Å². The summed E-state index contributed by atoms with van der Waals surface area (Å²) in [6.45, 7) is 2.62. The number of amides is 1. The Morgan fingerprint density at radius 3 is 2.91 bits per heavy atom. The van der Waals surface area contributed by atoms with Crippen molar-refractivity contribution in [1.82, 2.24) is 14.9 Å². The summed E-state index contributed by atoms with van der Waals surface area (Å²) >= 11 is 0. The highest BCUT2D eigenvalue weighted by Gasteiger charge is 2.30. The van der Waals surface area contributed by atoms with Gasteiger partial charge in [0, 0.05) is 30.5 Å². The van der Waals surface area contributed by atoms with Gasteiger partial charge in [0.05, 0.1) is 24.2 Å². The maximum absolute atomic E-state index is 13.3. The molecule has 1 N–H and O–H groups in total. The minimum absolute atomic E-state index is 0.0336. The number of carbonyl (C=O) groups excluding carboxylic acids is 1. The van der Waals surface area contributed by atoms with E-state index in [1.807, 2.05) is 42.2 Å².